The number of hydrogen-bond donors (Lipinski definition) is 1. The van der Waals surface area contributed by atoms with Crippen LogP contribution in [0, 0.1) is 0 Å². The molecule has 0 atom stereocenters. The molecule has 0 saturated heterocycles. The number of nitrogens with one attached hydrogen (secondary N) is 1. The molecule has 0 bridgehead atoms. The second kappa shape index (κ2) is 8.08. The lowest BCUT2D eigenvalue weighted by atomic mass is 10.0. The molecule has 0 unspecified atom stereocenters. The normalized spacial score (nSPS) is 10.8. The summed E-state index contributed by atoms with van der Waals surface area (Å²) in [5, 5.41) is 2.87. The van der Waals surface area contributed by atoms with Gasteiger partial charge in [-0.25, -0.2) is 0 Å². The number of rotatable bonds is 6. The van der Waals surface area contributed by atoms with Gasteiger partial charge in [-0.15, -0.1) is 11.8 Å². The van der Waals surface area contributed by atoms with Crippen molar-refractivity contribution in [2.24, 2.45) is 0 Å². The molecule has 0 aliphatic heterocycles. The third-order valence-electron chi connectivity index (χ3n) is 3.84. The minimum atomic E-state index is -0.228. The van der Waals surface area contributed by atoms with E-state index in [9.17, 15) is 4.79 Å². The Morgan fingerprint density at radius 1 is 1.00 bits per heavy atom. The molecular weight excluding hydrogens is 330 g/mol. The largest absolute Gasteiger partial charge is 0.455 e. The second-order valence-electron chi connectivity index (χ2n) is 6.10. The molecule has 0 aliphatic carbocycles. The lowest BCUT2D eigenvalue weighted by Crippen LogP contribution is -2.10. The van der Waals surface area contributed by atoms with Gasteiger partial charge in [0.25, 0.3) is 5.91 Å². The van der Waals surface area contributed by atoms with E-state index in [0.29, 0.717) is 17.4 Å². The van der Waals surface area contributed by atoms with Crippen molar-refractivity contribution in [2.75, 3.05) is 5.32 Å². The van der Waals surface area contributed by atoms with Crippen molar-refractivity contribution in [3.05, 3.63) is 83.8 Å². The third-order valence-corrected chi connectivity index (χ3v) is 4.88. The molecule has 0 spiro atoms. The number of amides is 1. The Bertz CT molecular complexity index is 823. The van der Waals surface area contributed by atoms with Crippen LogP contribution in [0.4, 0.5) is 5.69 Å². The maximum atomic E-state index is 12.3. The van der Waals surface area contributed by atoms with Crippen LogP contribution in [0.2, 0.25) is 0 Å². The molecule has 3 rings (SSSR count). The van der Waals surface area contributed by atoms with E-state index in [-0.39, 0.29) is 5.91 Å². The van der Waals surface area contributed by atoms with Crippen molar-refractivity contribution in [1.82, 2.24) is 0 Å². The van der Waals surface area contributed by atoms with E-state index in [1.807, 2.05) is 48.5 Å². The van der Waals surface area contributed by atoms with Gasteiger partial charge in [0, 0.05) is 10.6 Å². The highest BCUT2D eigenvalue weighted by molar-refractivity contribution is 7.98. The Kier molecular flexibility index (Phi) is 5.61. The Labute approximate surface area is 152 Å². The number of hydrogen-bond acceptors (Lipinski definition) is 3. The minimum absolute atomic E-state index is 0.228. The van der Waals surface area contributed by atoms with Gasteiger partial charge in [0.1, 0.15) is 5.76 Å². The quantitative estimate of drug-likeness (QED) is 0.558. The molecule has 4 heteroatoms. The zero-order valence-corrected chi connectivity index (χ0v) is 15.2. The van der Waals surface area contributed by atoms with Crippen LogP contribution in [0.3, 0.4) is 0 Å². The number of carbonyl (C=O) groups is 1. The van der Waals surface area contributed by atoms with E-state index in [4.69, 9.17) is 4.42 Å². The van der Waals surface area contributed by atoms with Gasteiger partial charge in [0.2, 0.25) is 0 Å². The summed E-state index contributed by atoms with van der Waals surface area (Å²) < 4.78 is 5.67. The van der Waals surface area contributed by atoms with Gasteiger partial charge in [0.05, 0.1) is 5.75 Å². The molecular formula is C21H21NO2S. The molecule has 25 heavy (non-hydrogen) atoms. The first-order valence-electron chi connectivity index (χ1n) is 8.29. The minimum Gasteiger partial charge on any atom is -0.455 e. The Hall–Kier alpha value is -2.46. The fraction of sp³-hybridized carbons (Fsp3) is 0.190. The first-order valence-corrected chi connectivity index (χ1v) is 9.28. The highest BCUT2D eigenvalue weighted by Crippen LogP contribution is 2.24. The third kappa shape index (κ3) is 4.77. The summed E-state index contributed by atoms with van der Waals surface area (Å²) in [7, 11) is 0. The van der Waals surface area contributed by atoms with Gasteiger partial charge in [-0.05, 0) is 47.9 Å². The maximum Gasteiger partial charge on any atom is 0.291 e. The average molecular weight is 351 g/mol. The van der Waals surface area contributed by atoms with Gasteiger partial charge >= 0.3 is 0 Å². The van der Waals surface area contributed by atoms with Crippen LogP contribution >= 0.6 is 11.8 Å². The molecule has 3 aromatic rings. The zero-order valence-electron chi connectivity index (χ0n) is 14.4. The number of carbonyl (C=O) groups excluding carboxylic acids is 1. The Morgan fingerprint density at radius 3 is 2.40 bits per heavy atom. The number of benzene rings is 2. The highest BCUT2D eigenvalue weighted by Gasteiger charge is 2.12. The van der Waals surface area contributed by atoms with Gasteiger partial charge in [-0.1, -0.05) is 44.2 Å². The summed E-state index contributed by atoms with van der Waals surface area (Å²) in [6.45, 7) is 4.29. The van der Waals surface area contributed by atoms with Gasteiger partial charge < -0.3 is 9.73 Å². The predicted octanol–water partition coefficient (Wildman–Crippen LogP) is 5.95. The number of furan rings is 1. The lowest BCUT2D eigenvalue weighted by molar-refractivity contribution is 0.0995. The van der Waals surface area contributed by atoms with Crippen LogP contribution < -0.4 is 5.32 Å². The molecule has 0 radical (unpaired) electrons. The van der Waals surface area contributed by atoms with E-state index in [2.05, 4.69) is 31.3 Å². The summed E-state index contributed by atoms with van der Waals surface area (Å²) in [5.74, 6) is 2.05. The van der Waals surface area contributed by atoms with Crippen LogP contribution in [-0.2, 0) is 5.75 Å². The molecule has 2 aromatic carbocycles. The summed E-state index contributed by atoms with van der Waals surface area (Å²) in [6, 6.07) is 21.6. The molecule has 1 amide bonds. The number of thioether (sulfide) groups is 1. The van der Waals surface area contributed by atoms with Gasteiger partial charge in [0.15, 0.2) is 5.76 Å². The summed E-state index contributed by atoms with van der Waals surface area (Å²) in [6.07, 6.45) is 0. The molecule has 128 valence electrons. The van der Waals surface area contributed by atoms with Crippen LogP contribution in [0.15, 0.2) is 76.0 Å². The molecule has 0 aliphatic rings. The topological polar surface area (TPSA) is 42.2 Å². The molecule has 0 fully saturated rings. The van der Waals surface area contributed by atoms with Crippen molar-refractivity contribution in [3.8, 4) is 0 Å². The van der Waals surface area contributed by atoms with Crippen molar-refractivity contribution >= 4 is 23.4 Å². The van der Waals surface area contributed by atoms with Gasteiger partial charge in [-0.3, -0.25) is 4.79 Å². The van der Waals surface area contributed by atoms with E-state index in [1.54, 1.807) is 17.8 Å². The van der Waals surface area contributed by atoms with Gasteiger partial charge in [-0.2, -0.15) is 0 Å². The zero-order chi connectivity index (χ0) is 17.6. The van der Waals surface area contributed by atoms with Crippen LogP contribution in [0.5, 0.6) is 0 Å². The monoisotopic (exact) mass is 351 g/mol. The van der Waals surface area contributed by atoms with Crippen LogP contribution in [0.25, 0.3) is 0 Å². The first-order chi connectivity index (χ1) is 12.1. The molecule has 0 saturated carbocycles. The van der Waals surface area contributed by atoms with Crippen molar-refractivity contribution < 1.29 is 9.21 Å². The van der Waals surface area contributed by atoms with Crippen molar-refractivity contribution in [2.45, 2.75) is 30.4 Å². The van der Waals surface area contributed by atoms with Crippen molar-refractivity contribution in [1.29, 1.82) is 0 Å². The summed E-state index contributed by atoms with van der Waals surface area (Å²) >= 11 is 1.68. The smallest absolute Gasteiger partial charge is 0.291 e. The summed E-state index contributed by atoms with van der Waals surface area (Å²) in [5.41, 5.74) is 2.02. The predicted molar refractivity (Wildman–Crippen MR) is 103 cm³/mol. The molecule has 1 heterocycles. The van der Waals surface area contributed by atoms with Crippen LogP contribution in [-0.4, -0.2) is 5.91 Å². The standard InChI is InChI=1S/C21H21NO2S/c1-15(2)16-8-10-17(11-9-16)22-21(23)20-13-12-18(24-20)14-25-19-6-4-3-5-7-19/h3-13,15H,14H2,1-2H3,(H,22,23). The lowest BCUT2D eigenvalue weighted by Gasteiger charge is -2.07. The average Bonchev–Trinajstić information content (AvgIpc) is 3.10. The fourth-order valence-corrected chi connectivity index (χ4v) is 3.21. The second-order valence-corrected chi connectivity index (χ2v) is 7.15. The van der Waals surface area contributed by atoms with E-state index in [1.165, 1.54) is 10.5 Å². The van der Waals surface area contributed by atoms with E-state index < -0.39 is 0 Å². The maximum absolute atomic E-state index is 12.3. The molecule has 1 N–H and O–H groups in total. The number of anilines is 1. The van der Waals surface area contributed by atoms with E-state index >= 15 is 0 Å². The fourth-order valence-electron chi connectivity index (χ4n) is 2.39. The summed E-state index contributed by atoms with van der Waals surface area (Å²) in [4.78, 5) is 13.5. The van der Waals surface area contributed by atoms with Crippen molar-refractivity contribution in [3.63, 3.8) is 0 Å². The molecule has 3 nitrogen and oxygen atoms in total. The molecule has 1 aromatic heterocycles. The highest BCUT2D eigenvalue weighted by atomic mass is 32.2. The van der Waals surface area contributed by atoms with Crippen LogP contribution in [0.1, 0.15) is 41.6 Å². The van der Waals surface area contributed by atoms with E-state index in [0.717, 1.165) is 11.4 Å². The first kappa shape index (κ1) is 17.4. The SMILES string of the molecule is CC(C)c1ccc(NC(=O)c2ccc(CSc3ccccc3)o2)cc1. The Balaban J connectivity index is 1.58. The Morgan fingerprint density at radius 2 is 1.72 bits per heavy atom.